The fourth-order valence-electron chi connectivity index (χ4n) is 7.68. The molecule has 0 bridgehead atoms. The molecule has 0 saturated carbocycles. The third kappa shape index (κ3) is 3.95. The van der Waals surface area contributed by atoms with Gasteiger partial charge in [-0.3, -0.25) is 0 Å². The van der Waals surface area contributed by atoms with Crippen LogP contribution in [0.2, 0.25) is 0 Å². The molecule has 216 valence electrons. The zero-order chi connectivity index (χ0) is 30.5. The molecule has 1 heteroatoms. The van der Waals surface area contributed by atoms with E-state index < -0.39 is 5.41 Å². The van der Waals surface area contributed by atoms with E-state index in [-0.39, 0.29) is 0 Å². The van der Waals surface area contributed by atoms with Crippen molar-refractivity contribution >= 4 is 10.9 Å². The molecule has 0 amide bonds. The van der Waals surface area contributed by atoms with Gasteiger partial charge >= 0.3 is 0 Å². The van der Waals surface area contributed by atoms with Crippen LogP contribution in [0.1, 0.15) is 22.3 Å². The minimum atomic E-state index is -0.434. The second kappa shape index (κ2) is 10.6. The summed E-state index contributed by atoms with van der Waals surface area (Å²) in [5.74, 6) is 0. The van der Waals surface area contributed by atoms with Gasteiger partial charge in [0.05, 0.1) is 10.9 Å². The van der Waals surface area contributed by atoms with Crippen LogP contribution in [-0.2, 0) is 5.41 Å². The van der Waals surface area contributed by atoms with Crippen LogP contribution in [0.5, 0.6) is 0 Å². The Morgan fingerprint density at radius 1 is 0.370 bits per heavy atom. The molecule has 0 saturated heterocycles. The summed E-state index contributed by atoms with van der Waals surface area (Å²) in [6.07, 6.45) is 2.32. The van der Waals surface area contributed by atoms with Gasteiger partial charge in [-0.1, -0.05) is 158 Å². The van der Waals surface area contributed by atoms with Gasteiger partial charge in [0.2, 0.25) is 0 Å². The van der Waals surface area contributed by atoms with Crippen LogP contribution in [0.4, 0.5) is 0 Å². The Hall–Kier alpha value is -5.92. The fraction of sp³-hybridized carbons (Fsp3) is 0.0222. The van der Waals surface area contributed by atoms with Gasteiger partial charge in [0.1, 0.15) is 0 Å². The summed E-state index contributed by atoms with van der Waals surface area (Å²) in [6, 6.07) is 66.4. The van der Waals surface area contributed by atoms with E-state index in [0.717, 1.165) is 5.69 Å². The molecule has 0 unspecified atom stereocenters. The van der Waals surface area contributed by atoms with E-state index in [1.54, 1.807) is 0 Å². The summed E-state index contributed by atoms with van der Waals surface area (Å²) >= 11 is 0. The van der Waals surface area contributed by atoms with Gasteiger partial charge in [-0.2, -0.15) is 0 Å². The van der Waals surface area contributed by atoms with Crippen LogP contribution in [0.3, 0.4) is 0 Å². The average molecular weight is 586 g/mol. The molecule has 46 heavy (non-hydrogen) atoms. The lowest BCUT2D eigenvalue weighted by Gasteiger charge is -2.34. The molecule has 1 aromatic heterocycles. The molecule has 1 nitrogen and oxygen atoms in total. The molecular weight excluding hydrogens is 555 g/mol. The quantitative estimate of drug-likeness (QED) is 0.189. The van der Waals surface area contributed by atoms with Crippen LogP contribution < -0.4 is 0 Å². The van der Waals surface area contributed by atoms with E-state index in [4.69, 9.17) is 0 Å². The van der Waals surface area contributed by atoms with Gasteiger partial charge in [-0.15, -0.1) is 0 Å². The zero-order valence-electron chi connectivity index (χ0n) is 25.3. The largest absolute Gasteiger partial charge is 0.316 e. The summed E-state index contributed by atoms with van der Waals surface area (Å²) in [5, 5.41) is 1.24. The van der Waals surface area contributed by atoms with Crippen molar-refractivity contribution in [3.8, 4) is 39.1 Å². The van der Waals surface area contributed by atoms with E-state index in [0.29, 0.717) is 0 Å². The predicted octanol–water partition coefficient (Wildman–Crippen LogP) is 11.3. The van der Waals surface area contributed by atoms with Crippen molar-refractivity contribution in [1.82, 2.24) is 4.57 Å². The summed E-state index contributed by atoms with van der Waals surface area (Å²) in [4.78, 5) is 0. The normalized spacial score (nSPS) is 13.0. The average Bonchev–Trinajstić information content (AvgIpc) is 3.67. The zero-order valence-corrected chi connectivity index (χ0v) is 25.3. The summed E-state index contributed by atoms with van der Waals surface area (Å²) < 4.78 is 2.39. The Balaban J connectivity index is 1.32. The van der Waals surface area contributed by atoms with Crippen LogP contribution >= 0.6 is 0 Å². The first-order valence-electron chi connectivity index (χ1n) is 15.9. The van der Waals surface area contributed by atoms with E-state index >= 15 is 0 Å². The summed E-state index contributed by atoms with van der Waals surface area (Å²) in [7, 11) is 0. The number of rotatable bonds is 5. The second-order valence-corrected chi connectivity index (χ2v) is 12.1. The monoisotopic (exact) mass is 585 g/mol. The third-order valence-corrected chi connectivity index (χ3v) is 9.72. The lowest BCUT2D eigenvalue weighted by atomic mass is 9.67. The maximum atomic E-state index is 2.44. The molecule has 0 radical (unpaired) electrons. The van der Waals surface area contributed by atoms with Gasteiger partial charge in [0.25, 0.3) is 0 Å². The first-order valence-corrected chi connectivity index (χ1v) is 15.9. The molecule has 7 aromatic carbocycles. The molecule has 0 N–H and O–H groups in total. The molecule has 1 aliphatic rings. The van der Waals surface area contributed by atoms with Crippen molar-refractivity contribution < 1.29 is 0 Å². The SMILES string of the molecule is c1ccc(-c2ccc3c(c2)c(-c2ccccc2)cn3-c2ccc3c(c2)C(c2ccccc2)(c2ccccc2)c2ccccc2-3)cc1. The van der Waals surface area contributed by atoms with Crippen LogP contribution in [0.15, 0.2) is 188 Å². The molecule has 0 fully saturated rings. The molecule has 0 spiro atoms. The lowest BCUT2D eigenvalue weighted by molar-refractivity contribution is 0.767. The van der Waals surface area contributed by atoms with Gasteiger partial charge < -0.3 is 4.57 Å². The Kier molecular flexibility index (Phi) is 6.11. The number of nitrogens with zero attached hydrogens (tertiary/aromatic N) is 1. The van der Waals surface area contributed by atoms with Gasteiger partial charge in [-0.05, 0) is 74.3 Å². The molecule has 1 heterocycles. The highest BCUT2D eigenvalue weighted by molar-refractivity contribution is 6.00. The molecular formula is C45H31N. The second-order valence-electron chi connectivity index (χ2n) is 12.1. The number of aromatic nitrogens is 1. The van der Waals surface area contributed by atoms with Crippen LogP contribution in [0, 0.1) is 0 Å². The maximum absolute atomic E-state index is 2.44. The molecule has 0 atom stereocenters. The minimum Gasteiger partial charge on any atom is -0.316 e. The summed E-state index contributed by atoms with van der Waals surface area (Å²) in [6.45, 7) is 0. The van der Waals surface area contributed by atoms with Crippen molar-refractivity contribution in [2.45, 2.75) is 5.41 Å². The third-order valence-electron chi connectivity index (χ3n) is 9.72. The number of benzene rings is 7. The standard InChI is InChI=1S/C45H31N/c1-5-15-32(16-6-1)34-25-28-44-40(29-34)41(33-17-7-2-8-18-33)31-46(44)37-26-27-39-38-23-13-14-24-42(38)45(43(39)30-37,35-19-9-3-10-20-35)36-21-11-4-12-22-36/h1-31H. The smallest absolute Gasteiger partial charge is 0.0714 e. The fourth-order valence-corrected chi connectivity index (χ4v) is 7.68. The van der Waals surface area contributed by atoms with Crippen molar-refractivity contribution in [2.75, 3.05) is 0 Å². The van der Waals surface area contributed by atoms with Crippen LogP contribution in [0.25, 0.3) is 50.0 Å². The molecule has 8 aromatic rings. The topological polar surface area (TPSA) is 4.93 Å². The van der Waals surface area contributed by atoms with Crippen molar-refractivity contribution in [3.63, 3.8) is 0 Å². The highest BCUT2D eigenvalue weighted by Crippen LogP contribution is 2.56. The number of hydrogen-bond donors (Lipinski definition) is 0. The van der Waals surface area contributed by atoms with E-state index in [9.17, 15) is 0 Å². The maximum Gasteiger partial charge on any atom is 0.0714 e. The first-order chi connectivity index (χ1) is 22.8. The Morgan fingerprint density at radius 3 is 1.61 bits per heavy atom. The minimum absolute atomic E-state index is 0.434. The lowest BCUT2D eigenvalue weighted by Crippen LogP contribution is -2.28. The molecule has 0 aliphatic heterocycles. The van der Waals surface area contributed by atoms with E-state index in [1.165, 1.54) is 66.5 Å². The van der Waals surface area contributed by atoms with Crippen molar-refractivity contribution in [1.29, 1.82) is 0 Å². The summed E-state index contributed by atoms with van der Waals surface area (Å²) in [5.41, 5.74) is 14.6. The van der Waals surface area contributed by atoms with Crippen molar-refractivity contribution in [3.05, 3.63) is 210 Å². The predicted molar refractivity (Wildman–Crippen MR) is 191 cm³/mol. The van der Waals surface area contributed by atoms with Crippen molar-refractivity contribution in [2.24, 2.45) is 0 Å². The molecule has 9 rings (SSSR count). The van der Waals surface area contributed by atoms with Gasteiger partial charge in [0, 0.05) is 22.8 Å². The van der Waals surface area contributed by atoms with Crippen LogP contribution in [-0.4, -0.2) is 4.57 Å². The highest BCUT2D eigenvalue weighted by atomic mass is 15.0. The van der Waals surface area contributed by atoms with Gasteiger partial charge in [0.15, 0.2) is 0 Å². The Labute approximate surface area is 269 Å². The number of fused-ring (bicyclic) bond motifs is 4. The number of hydrogen-bond acceptors (Lipinski definition) is 0. The molecule has 1 aliphatic carbocycles. The first kappa shape index (κ1) is 26.5. The Morgan fingerprint density at radius 2 is 0.935 bits per heavy atom. The van der Waals surface area contributed by atoms with E-state index in [1.807, 2.05) is 0 Å². The van der Waals surface area contributed by atoms with Gasteiger partial charge in [-0.25, -0.2) is 0 Å². The Bertz CT molecular complexity index is 2290. The van der Waals surface area contributed by atoms with E-state index in [2.05, 4.69) is 193 Å². The highest BCUT2D eigenvalue weighted by Gasteiger charge is 2.46.